The highest BCUT2D eigenvalue weighted by atomic mass is 32.1. The van der Waals surface area contributed by atoms with Crippen LogP contribution in [0, 0.1) is 6.92 Å². The van der Waals surface area contributed by atoms with Crippen molar-refractivity contribution in [2.75, 3.05) is 17.7 Å². The Labute approximate surface area is 156 Å². The Morgan fingerprint density at radius 3 is 2.48 bits per heavy atom. The van der Waals surface area contributed by atoms with E-state index in [1.54, 1.807) is 20.0 Å². The number of hydrogen-bond acceptors (Lipinski definition) is 6. The predicted octanol–water partition coefficient (Wildman–Crippen LogP) is 4.02. The van der Waals surface area contributed by atoms with Gasteiger partial charge in [-0.15, -0.1) is 0 Å². The molecule has 3 aromatic rings. The van der Waals surface area contributed by atoms with Gasteiger partial charge in [-0.05, 0) is 31.2 Å². The summed E-state index contributed by atoms with van der Waals surface area (Å²) in [6.07, 6.45) is -2.99. The second kappa shape index (κ2) is 7.03. The van der Waals surface area contributed by atoms with E-state index >= 15 is 0 Å². The standard InChI is InChI=1S/C17H16F3N5OS/c1-9-14(27-16(26)25(9)3)13-4-5-22-15(24-13)23-12-7-10(17(18,19)20)6-11(8-12)21-2/h4-8,21H,1-3H3,(H,22,23,24). The van der Waals surface area contributed by atoms with Crippen LogP contribution in [0.2, 0.25) is 0 Å². The molecule has 0 aliphatic carbocycles. The van der Waals surface area contributed by atoms with Crippen LogP contribution in [0.1, 0.15) is 11.3 Å². The number of nitrogens with one attached hydrogen (secondary N) is 2. The van der Waals surface area contributed by atoms with Crippen LogP contribution < -0.4 is 15.5 Å². The van der Waals surface area contributed by atoms with E-state index in [9.17, 15) is 18.0 Å². The highest BCUT2D eigenvalue weighted by molar-refractivity contribution is 7.13. The third kappa shape index (κ3) is 3.95. The molecule has 0 amide bonds. The number of thiazole rings is 1. The summed E-state index contributed by atoms with van der Waals surface area (Å²) in [6, 6.07) is 5.18. The number of anilines is 3. The van der Waals surface area contributed by atoms with Gasteiger partial charge in [-0.25, -0.2) is 9.97 Å². The first-order valence-electron chi connectivity index (χ1n) is 7.86. The molecule has 0 saturated carbocycles. The highest BCUT2D eigenvalue weighted by Gasteiger charge is 2.31. The zero-order valence-corrected chi connectivity index (χ0v) is 15.5. The van der Waals surface area contributed by atoms with E-state index in [2.05, 4.69) is 20.6 Å². The summed E-state index contributed by atoms with van der Waals surface area (Å²) < 4.78 is 40.7. The van der Waals surface area contributed by atoms with Gasteiger partial charge < -0.3 is 15.2 Å². The Morgan fingerprint density at radius 1 is 1.19 bits per heavy atom. The molecule has 0 aliphatic rings. The maximum Gasteiger partial charge on any atom is 0.416 e. The molecule has 0 saturated heterocycles. The van der Waals surface area contributed by atoms with Crippen LogP contribution in [-0.4, -0.2) is 21.6 Å². The Morgan fingerprint density at radius 2 is 1.89 bits per heavy atom. The molecule has 3 rings (SSSR count). The fourth-order valence-corrected chi connectivity index (χ4v) is 3.39. The topological polar surface area (TPSA) is 71.8 Å². The van der Waals surface area contributed by atoms with E-state index in [0.29, 0.717) is 16.3 Å². The van der Waals surface area contributed by atoms with Crippen LogP contribution >= 0.6 is 11.3 Å². The number of rotatable bonds is 4. The fourth-order valence-electron chi connectivity index (χ4n) is 2.44. The quantitative estimate of drug-likeness (QED) is 0.698. The SMILES string of the molecule is CNc1cc(Nc2nccc(-c3sc(=O)n(C)c3C)n2)cc(C(F)(F)F)c1. The first kappa shape index (κ1) is 18.9. The molecule has 27 heavy (non-hydrogen) atoms. The lowest BCUT2D eigenvalue weighted by Gasteiger charge is -2.13. The molecule has 0 radical (unpaired) electrons. The third-order valence-electron chi connectivity index (χ3n) is 3.99. The van der Waals surface area contributed by atoms with Gasteiger partial charge in [0.05, 0.1) is 16.1 Å². The Kier molecular flexibility index (Phi) is 4.92. The van der Waals surface area contributed by atoms with Gasteiger partial charge in [-0.2, -0.15) is 13.2 Å². The van der Waals surface area contributed by atoms with Gasteiger partial charge in [0.15, 0.2) is 0 Å². The summed E-state index contributed by atoms with van der Waals surface area (Å²) in [5.74, 6) is 0.136. The van der Waals surface area contributed by atoms with Gasteiger partial charge in [0.1, 0.15) is 0 Å². The van der Waals surface area contributed by atoms with Gasteiger partial charge in [0.2, 0.25) is 5.95 Å². The van der Waals surface area contributed by atoms with Crippen molar-refractivity contribution >= 4 is 28.7 Å². The molecule has 2 aromatic heterocycles. The molecule has 0 unspecified atom stereocenters. The second-order valence-electron chi connectivity index (χ2n) is 5.78. The van der Waals surface area contributed by atoms with Crippen molar-refractivity contribution in [3.05, 3.63) is 51.4 Å². The van der Waals surface area contributed by atoms with Crippen LogP contribution in [0.25, 0.3) is 10.6 Å². The van der Waals surface area contributed by atoms with Gasteiger partial charge >= 0.3 is 11.0 Å². The van der Waals surface area contributed by atoms with Crippen molar-refractivity contribution in [3.63, 3.8) is 0 Å². The van der Waals surface area contributed by atoms with Crippen molar-refractivity contribution in [2.24, 2.45) is 7.05 Å². The molecule has 6 nitrogen and oxygen atoms in total. The minimum Gasteiger partial charge on any atom is -0.388 e. The predicted molar refractivity (Wildman–Crippen MR) is 99.6 cm³/mol. The van der Waals surface area contributed by atoms with Crippen molar-refractivity contribution in [3.8, 4) is 10.6 Å². The van der Waals surface area contributed by atoms with Crippen molar-refractivity contribution < 1.29 is 13.2 Å². The summed E-state index contributed by atoms with van der Waals surface area (Å²) in [7, 11) is 3.20. The average molecular weight is 395 g/mol. The molecule has 1 aromatic carbocycles. The number of hydrogen-bond donors (Lipinski definition) is 2. The lowest BCUT2D eigenvalue weighted by atomic mass is 10.1. The molecule has 0 fully saturated rings. The normalized spacial score (nSPS) is 11.5. The fraction of sp³-hybridized carbons (Fsp3) is 0.235. The minimum absolute atomic E-state index is 0.118. The van der Waals surface area contributed by atoms with E-state index < -0.39 is 11.7 Å². The maximum atomic E-state index is 13.1. The lowest BCUT2D eigenvalue weighted by molar-refractivity contribution is -0.137. The minimum atomic E-state index is -4.47. The van der Waals surface area contributed by atoms with E-state index in [-0.39, 0.29) is 16.5 Å². The van der Waals surface area contributed by atoms with E-state index in [0.717, 1.165) is 29.2 Å². The van der Waals surface area contributed by atoms with E-state index in [1.807, 2.05) is 0 Å². The van der Waals surface area contributed by atoms with Crippen LogP contribution in [0.15, 0.2) is 35.3 Å². The third-order valence-corrected chi connectivity index (χ3v) is 5.15. The molecular formula is C17H16F3N5OS. The van der Waals surface area contributed by atoms with Gasteiger partial charge in [-0.1, -0.05) is 11.3 Å². The van der Waals surface area contributed by atoms with Crippen molar-refractivity contribution in [1.82, 2.24) is 14.5 Å². The lowest BCUT2D eigenvalue weighted by Crippen LogP contribution is -2.08. The molecule has 0 atom stereocenters. The Hall–Kier alpha value is -2.88. The summed E-state index contributed by atoms with van der Waals surface area (Å²) in [5, 5.41) is 5.50. The van der Waals surface area contributed by atoms with Crippen LogP contribution in [0.3, 0.4) is 0 Å². The summed E-state index contributed by atoms with van der Waals surface area (Å²) in [4.78, 5) is 20.8. The maximum absolute atomic E-state index is 13.1. The number of aromatic nitrogens is 3. The first-order chi connectivity index (χ1) is 12.7. The van der Waals surface area contributed by atoms with Gasteiger partial charge in [-0.3, -0.25) is 4.79 Å². The molecule has 0 aliphatic heterocycles. The molecule has 142 valence electrons. The molecule has 0 spiro atoms. The number of benzene rings is 1. The highest BCUT2D eigenvalue weighted by Crippen LogP contribution is 2.34. The van der Waals surface area contributed by atoms with Crippen LogP contribution in [0.4, 0.5) is 30.5 Å². The largest absolute Gasteiger partial charge is 0.416 e. The molecule has 0 bridgehead atoms. The van der Waals surface area contributed by atoms with E-state index in [4.69, 9.17) is 0 Å². The van der Waals surface area contributed by atoms with Gasteiger partial charge in [0, 0.05) is 37.4 Å². The van der Waals surface area contributed by atoms with Gasteiger partial charge in [0.25, 0.3) is 0 Å². The zero-order chi connectivity index (χ0) is 19.8. The number of nitrogens with zero attached hydrogens (tertiary/aromatic N) is 3. The smallest absolute Gasteiger partial charge is 0.388 e. The molecule has 10 heteroatoms. The van der Waals surface area contributed by atoms with Crippen LogP contribution in [0.5, 0.6) is 0 Å². The summed E-state index contributed by atoms with van der Waals surface area (Å²) in [6.45, 7) is 1.80. The first-order valence-corrected chi connectivity index (χ1v) is 8.67. The van der Waals surface area contributed by atoms with Crippen molar-refractivity contribution in [1.29, 1.82) is 0 Å². The zero-order valence-electron chi connectivity index (χ0n) is 14.7. The molecule has 2 heterocycles. The van der Waals surface area contributed by atoms with Crippen molar-refractivity contribution in [2.45, 2.75) is 13.1 Å². The summed E-state index contributed by atoms with van der Waals surface area (Å²) in [5.41, 5.74) is 0.995. The Bertz CT molecular complexity index is 1040. The summed E-state index contributed by atoms with van der Waals surface area (Å²) >= 11 is 1.05. The number of halogens is 3. The molecular weight excluding hydrogens is 379 g/mol. The number of alkyl halides is 3. The van der Waals surface area contributed by atoms with E-state index in [1.165, 1.54) is 23.9 Å². The Balaban J connectivity index is 1.97. The monoisotopic (exact) mass is 395 g/mol. The molecule has 2 N–H and O–H groups in total. The second-order valence-corrected chi connectivity index (χ2v) is 6.74. The van der Waals surface area contributed by atoms with Crippen LogP contribution in [-0.2, 0) is 13.2 Å². The average Bonchev–Trinajstić information content (AvgIpc) is 2.88.